The molecule has 3 rings (SSSR count). The molecule has 6 nitrogen and oxygen atoms in total. The normalized spacial score (nSPS) is 18.2. The molecule has 1 fully saturated rings. The number of aliphatic hydroxyl groups is 1. The first-order valence-electron chi connectivity index (χ1n) is 11.6. The lowest BCUT2D eigenvalue weighted by Gasteiger charge is -2.22. The number of hydrogen-bond acceptors (Lipinski definition) is 6. The molecule has 1 aliphatic heterocycles. The summed E-state index contributed by atoms with van der Waals surface area (Å²) in [6, 6.07) is 16.0. The molecule has 1 heterocycles. The first-order chi connectivity index (χ1) is 15.7. The lowest BCUT2D eigenvalue weighted by atomic mass is 10.0. The molecule has 6 heteroatoms. The average molecular weight is 444 g/mol. The van der Waals surface area contributed by atoms with Crippen molar-refractivity contribution < 1.29 is 24.1 Å². The van der Waals surface area contributed by atoms with Gasteiger partial charge in [0.2, 0.25) is 0 Å². The van der Waals surface area contributed by atoms with E-state index >= 15 is 0 Å². The number of rotatable bonds is 13. The predicted octanol–water partition coefficient (Wildman–Crippen LogP) is 4.12. The van der Waals surface area contributed by atoms with Gasteiger partial charge in [-0.05, 0) is 61.4 Å². The molecule has 2 aromatic carbocycles. The van der Waals surface area contributed by atoms with Crippen LogP contribution in [0.3, 0.4) is 0 Å². The Labute approximate surface area is 191 Å². The van der Waals surface area contributed by atoms with Gasteiger partial charge in [-0.15, -0.1) is 0 Å². The molecule has 1 saturated heterocycles. The molecule has 0 bridgehead atoms. The number of aliphatic hydroxyl groups excluding tert-OH is 1. The lowest BCUT2D eigenvalue weighted by Crippen LogP contribution is -2.27. The van der Waals surface area contributed by atoms with Gasteiger partial charge in [-0.25, -0.2) is 0 Å². The van der Waals surface area contributed by atoms with Crippen molar-refractivity contribution in [3.8, 4) is 11.5 Å². The van der Waals surface area contributed by atoms with Crippen LogP contribution in [0.1, 0.15) is 43.4 Å². The van der Waals surface area contributed by atoms with Crippen LogP contribution in [0.25, 0.3) is 0 Å². The fourth-order valence-electron chi connectivity index (χ4n) is 3.86. The molecule has 1 aliphatic rings. The van der Waals surface area contributed by atoms with Gasteiger partial charge in [-0.3, -0.25) is 0 Å². The monoisotopic (exact) mass is 443 g/mol. The Morgan fingerprint density at radius 1 is 1.06 bits per heavy atom. The van der Waals surface area contributed by atoms with Gasteiger partial charge in [0.15, 0.2) is 17.8 Å². The summed E-state index contributed by atoms with van der Waals surface area (Å²) >= 11 is 0. The third kappa shape index (κ3) is 8.10. The second-order valence-corrected chi connectivity index (χ2v) is 8.39. The summed E-state index contributed by atoms with van der Waals surface area (Å²) in [4.78, 5) is 0. The maximum Gasteiger partial charge on any atom is 0.161 e. The topological polar surface area (TPSA) is 69.2 Å². The summed E-state index contributed by atoms with van der Waals surface area (Å²) < 4.78 is 22.6. The van der Waals surface area contributed by atoms with Gasteiger partial charge >= 0.3 is 0 Å². The minimum Gasteiger partial charge on any atom is -0.493 e. The third-order valence-electron chi connectivity index (χ3n) is 5.61. The Kier molecular flexibility index (Phi) is 10.3. The molecule has 2 aromatic rings. The molecule has 3 atom stereocenters. The molecular formula is C26H37NO5. The van der Waals surface area contributed by atoms with Gasteiger partial charge in [-0.1, -0.05) is 43.3 Å². The standard InChI is InChI=1S/C26H37NO5/c1-20(16-21-8-4-3-5-9-21)18-27-19-23(28)22-11-12-24(29-2)25(17-22)30-14-15-32-26-10-6-7-13-31-26/h3-5,8-9,11-12,17,20,23,26-28H,6-7,10,13-16,18-19H2,1-2H3. The fourth-order valence-corrected chi connectivity index (χ4v) is 3.86. The Morgan fingerprint density at radius 2 is 1.91 bits per heavy atom. The number of methoxy groups -OCH3 is 1. The molecule has 0 saturated carbocycles. The van der Waals surface area contributed by atoms with Crippen molar-refractivity contribution in [1.29, 1.82) is 0 Å². The van der Waals surface area contributed by atoms with Gasteiger partial charge < -0.3 is 29.4 Å². The van der Waals surface area contributed by atoms with Crippen molar-refractivity contribution in [1.82, 2.24) is 5.32 Å². The highest BCUT2D eigenvalue weighted by Crippen LogP contribution is 2.30. The van der Waals surface area contributed by atoms with Crippen LogP contribution >= 0.6 is 0 Å². The predicted molar refractivity (Wildman–Crippen MR) is 125 cm³/mol. The summed E-state index contributed by atoms with van der Waals surface area (Å²) in [6.45, 7) is 5.13. The second-order valence-electron chi connectivity index (χ2n) is 8.39. The van der Waals surface area contributed by atoms with Gasteiger partial charge in [0, 0.05) is 13.2 Å². The maximum atomic E-state index is 10.7. The molecule has 0 radical (unpaired) electrons. The van der Waals surface area contributed by atoms with Gasteiger partial charge in [0.1, 0.15) is 6.61 Å². The summed E-state index contributed by atoms with van der Waals surface area (Å²) in [7, 11) is 1.61. The minimum atomic E-state index is -0.626. The first-order valence-corrected chi connectivity index (χ1v) is 11.6. The van der Waals surface area contributed by atoms with Crippen molar-refractivity contribution in [3.05, 3.63) is 59.7 Å². The zero-order valence-electron chi connectivity index (χ0n) is 19.3. The quantitative estimate of drug-likeness (QED) is 0.454. The van der Waals surface area contributed by atoms with E-state index in [9.17, 15) is 5.11 Å². The molecule has 2 N–H and O–H groups in total. The summed E-state index contributed by atoms with van der Waals surface area (Å²) in [5.74, 6) is 1.72. The molecule has 3 unspecified atom stereocenters. The molecule has 0 aromatic heterocycles. The fraction of sp³-hybridized carbons (Fsp3) is 0.538. The second kappa shape index (κ2) is 13.4. The molecule has 0 spiro atoms. The Hall–Kier alpha value is -2.12. The highest BCUT2D eigenvalue weighted by atomic mass is 16.7. The lowest BCUT2D eigenvalue weighted by molar-refractivity contribution is -0.165. The van der Waals surface area contributed by atoms with Crippen LogP contribution in [0.2, 0.25) is 0 Å². The Morgan fingerprint density at radius 3 is 2.66 bits per heavy atom. The number of ether oxygens (including phenoxy) is 4. The third-order valence-corrected chi connectivity index (χ3v) is 5.61. The Balaban J connectivity index is 1.43. The molecular weight excluding hydrogens is 406 g/mol. The van der Waals surface area contributed by atoms with E-state index in [1.54, 1.807) is 7.11 Å². The van der Waals surface area contributed by atoms with Crippen molar-refractivity contribution in [3.63, 3.8) is 0 Å². The highest BCUT2D eigenvalue weighted by molar-refractivity contribution is 5.43. The van der Waals surface area contributed by atoms with E-state index in [1.165, 1.54) is 5.56 Å². The maximum absolute atomic E-state index is 10.7. The van der Waals surface area contributed by atoms with Crippen LogP contribution in [0.15, 0.2) is 48.5 Å². The van der Waals surface area contributed by atoms with Crippen molar-refractivity contribution in [2.24, 2.45) is 5.92 Å². The van der Waals surface area contributed by atoms with Crippen LogP contribution in [0.4, 0.5) is 0 Å². The number of benzene rings is 2. The zero-order chi connectivity index (χ0) is 22.6. The molecule has 0 aliphatic carbocycles. The summed E-state index contributed by atoms with van der Waals surface area (Å²) in [6.07, 6.45) is 3.43. The van der Waals surface area contributed by atoms with E-state index in [0.29, 0.717) is 37.2 Å². The molecule has 0 amide bonds. The first kappa shape index (κ1) is 24.5. The van der Waals surface area contributed by atoms with Gasteiger partial charge in [0.25, 0.3) is 0 Å². The van der Waals surface area contributed by atoms with Crippen molar-refractivity contribution in [2.75, 3.05) is 40.0 Å². The van der Waals surface area contributed by atoms with E-state index in [4.69, 9.17) is 18.9 Å². The SMILES string of the molecule is COc1ccc(C(O)CNCC(C)Cc2ccccc2)cc1OCCOC1CCCCO1. The van der Waals surface area contributed by atoms with Gasteiger partial charge in [-0.2, -0.15) is 0 Å². The van der Waals surface area contributed by atoms with Crippen molar-refractivity contribution >= 4 is 0 Å². The summed E-state index contributed by atoms with van der Waals surface area (Å²) in [5.41, 5.74) is 2.12. The van der Waals surface area contributed by atoms with Crippen LogP contribution in [-0.2, 0) is 15.9 Å². The largest absolute Gasteiger partial charge is 0.493 e. The van der Waals surface area contributed by atoms with Crippen LogP contribution in [0.5, 0.6) is 11.5 Å². The Bertz CT molecular complexity index is 779. The smallest absolute Gasteiger partial charge is 0.161 e. The van der Waals surface area contributed by atoms with Crippen LogP contribution in [-0.4, -0.2) is 51.4 Å². The van der Waals surface area contributed by atoms with E-state index in [0.717, 1.165) is 44.4 Å². The van der Waals surface area contributed by atoms with E-state index in [1.807, 2.05) is 24.3 Å². The minimum absolute atomic E-state index is 0.127. The van der Waals surface area contributed by atoms with Crippen molar-refractivity contribution in [2.45, 2.75) is 45.0 Å². The van der Waals surface area contributed by atoms with E-state index in [-0.39, 0.29) is 6.29 Å². The van der Waals surface area contributed by atoms with Gasteiger partial charge in [0.05, 0.1) is 19.8 Å². The molecule has 176 valence electrons. The average Bonchev–Trinajstić information content (AvgIpc) is 2.83. The molecule has 32 heavy (non-hydrogen) atoms. The zero-order valence-corrected chi connectivity index (χ0v) is 19.3. The van der Waals surface area contributed by atoms with Crippen LogP contribution < -0.4 is 14.8 Å². The highest BCUT2D eigenvalue weighted by Gasteiger charge is 2.15. The van der Waals surface area contributed by atoms with E-state index in [2.05, 4.69) is 36.5 Å². The number of nitrogens with one attached hydrogen (secondary N) is 1. The summed E-state index contributed by atoms with van der Waals surface area (Å²) in [5, 5.41) is 14.0. The van der Waals surface area contributed by atoms with E-state index < -0.39 is 6.10 Å². The van der Waals surface area contributed by atoms with Crippen LogP contribution in [0, 0.1) is 5.92 Å². The number of hydrogen-bond donors (Lipinski definition) is 2.